The molecule has 0 aliphatic carbocycles. The zero-order valence-corrected chi connectivity index (χ0v) is 13.9. The van der Waals surface area contributed by atoms with Gasteiger partial charge in [-0.1, -0.05) is 12.1 Å². The second kappa shape index (κ2) is 6.75. The van der Waals surface area contributed by atoms with E-state index in [2.05, 4.69) is 45.3 Å². The molecule has 0 radical (unpaired) electrons. The molecule has 3 heterocycles. The van der Waals surface area contributed by atoms with E-state index in [1.165, 1.54) is 11.9 Å². The van der Waals surface area contributed by atoms with Gasteiger partial charge >= 0.3 is 0 Å². The van der Waals surface area contributed by atoms with Crippen LogP contribution in [0, 0.1) is 5.92 Å². The molecule has 0 amide bonds. The third-order valence-electron chi connectivity index (χ3n) is 4.84. The lowest BCUT2D eigenvalue weighted by atomic mass is 9.92. The van der Waals surface area contributed by atoms with Gasteiger partial charge in [-0.25, -0.2) is 4.98 Å². The quantitative estimate of drug-likeness (QED) is 0.756. The Labute approximate surface area is 141 Å². The summed E-state index contributed by atoms with van der Waals surface area (Å²) in [6.45, 7) is 2.50. The highest BCUT2D eigenvalue weighted by atomic mass is 16.5. The van der Waals surface area contributed by atoms with Crippen molar-refractivity contribution < 1.29 is 4.74 Å². The lowest BCUT2D eigenvalue weighted by molar-refractivity contribution is -0.0304. The van der Waals surface area contributed by atoms with Crippen molar-refractivity contribution in [2.75, 3.05) is 13.2 Å². The van der Waals surface area contributed by atoms with Crippen molar-refractivity contribution in [2.45, 2.75) is 25.5 Å². The van der Waals surface area contributed by atoms with Crippen LogP contribution in [0.5, 0.6) is 0 Å². The van der Waals surface area contributed by atoms with Gasteiger partial charge in [0.15, 0.2) is 0 Å². The highest BCUT2D eigenvalue weighted by Gasteiger charge is 2.28. The minimum absolute atomic E-state index is 0.106. The molecule has 0 unspecified atom stereocenters. The molecule has 1 aliphatic rings. The smallest absolute Gasteiger partial charge is 0.123 e. The molecule has 4 rings (SSSR count). The van der Waals surface area contributed by atoms with E-state index >= 15 is 0 Å². The molecular formula is C18H23N5O. The van der Waals surface area contributed by atoms with Gasteiger partial charge in [0.05, 0.1) is 23.3 Å². The van der Waals surface area contributed by atoms with Crippen molar-refractivity contribution in [1.29, 1.82) is 0 Å². The summed E-state index contributed by atoms with van der Waals surface area (Å²) in [4.78, 5) is 4.72. The third kappa shape index (κ3) is 2.95. The molecule has 1 fully saturated rings. The highest BCUT2D eigenvalue weighted by Crippen LogP contribution is 2.32. The van der Waals surface area contributed by atoms with Gasteiger partial charge in [-0.05, 0) is 31.0 Å². The Morgan fingerprint density at radius 2 is 2.25 bits per heavy atom. The Morgan fingerprint density at radius 1 is 1.33 bits per heavy atom. The van der Waals surface area contributed by atoms with Crippen LogP contribution >= 0.6 is 0 Å². The van der Waals surface area contributed by atoms with Gasteiger partial charge in [-0.2, -0.15) is 5.10 Å². The second-order valence-electron chi connectivity index (χ2n) is 6.41. The summed E-state index contributed by atoms with van der Waals surface area (Å²) in [5, 5.41) is 10.7. The van der Waals surface area contributed by atoms with E-state index in [9.17, 15) is 0 Å². The first-order chi connectivity index (χ1) is 11.8. The lowest BCUT2D eigenvalue weighted by Gasteiger charge is -2.31. The maximum Gasteiger partial charge on any atom is 0.123 e. The first-order valence-electron chi connectivity index (χ1n) is 8.55. The number of ether oxygens (including phenoxy) is 1. The standard InChI is InChI=1S/C18H23N5O/c1-23-16-7-3-2-6-14(16)21-17(23)12-19-11-13-5-4-10-24-18(13)15-8-9-20-22-15/h2-3,6-9,13,18-19H,4-5,10-12H2,1H3,(H,20,22)/t13-,18+/m0/s1. The summed E-state index contributed by atoms with van der Waals surface area (Å²) in [5.41, 5.74) is 3.29. The van der Waals surface area contributed by atoms with Crippen molar-refractivity contribution in [3.63, 3.8) is 0 Å². The lowest BCUT2D eigenvalue weighted by Crippen LogP contribution is -2.32. The van der Waals surface area contributed by atoms with Crippen LogP contribution in [0.2, 0.25) is 0 Å². The monoisotopic (exact) mass is 325 g/mol. The van der Waals surface area contributed by atoms with E-state index in [4.69, 9.17) is 9.72 Å². The number of rotatable bonds is 5. The van der Waals surface area contributed by atoms with Crippen molar-refractivity contribution >= 4 is 11.0 Å². The zero-order chi connectivity index (χ0) is 16.4. The van der Waals surface area contributed by atoms with Gasteiger partial charge in [0.2, 0.25) is 0 Å². The molecule has 2 atom stereocenters. The van der Waals surface area contributed by atoms with Crippen LogP contribution < -0.4 is 5.32 Å². The highest BCUT2D eigenvalue weighted by molar-refractivity contribution is 5.75. The van der Waals surface area contributed by atoms with Crippen LogP contribution in [-0.2, 0) is 18.3 Å². The van der Waals surface area contributed by atoms with Crippen LogP contribution in [0.15, 0.2) is 36.5 Å². The molecule has 0 bridgehead atoms. The van der Waals surface area contributed by atoms with Gasteiger partial charge in [-0.15, -0.1) is 0 Å². The summed E-state index contributed by atoms with van der Waals surface area (Å²) in [6, 6.07) is 10.3. The van der Waals surface area contributed by atoms with Crippen molar-refractivity contribution in [3.8, 4) is 0 Å². The van der Waals surface area contributed by atoms with Crippen molar-refractivity contribution in [1.82, 2.24) is 25.1 Å². The molecule has 0 saturated carbocycles. The van der Waals surface area contributed by atoms with Crippen LogP contribution in [-0.4, -0.2) is 32.9 Å². The molecule has 1 aliphatic heterocycles. The molecule has 2 aromatic heterocycles. The molecule has 24 heavy (non-hydrogen) atoms. The van der Waals surface area contributed by atoms with Crippen molar-refractivity contribution in [3.05, 3.63) is 48.0 Å². The molecule has 3 aromatic rings. The number of hydrogen-bond donors (Lipinski definition) is 2. The maximum absolute atomic E-state index is 5.98. The Kier molecular flexibility index (Phi) is 4.32. The van der Waals surface area contributed by atoms with Gasteiger partial charge in [0.25, 0.3) is 0 Å². The molecular weight excluding hydrogens is 302 g/mol. The fraction of sp³-hybridized carbons (Fsp3) is 0.444. The summed E-state index contributed by atoms with van der Waals surface area (Å²) < 4.78 is 8.14. The SMILES string of the molecule is Cn1c(CNC[C@@H]2CCCO[C@H]2c2ccn[nH]2)nc2ccccc21. The van der Waals surface area contributed by atoms with E-state index in [0.29, 0.717) is 5.92 Å². The fourth-order valence-corrected chi connectivity index (χ4v) is 3.54. The summed E-state index contributed by atoms with van der Waals surface area (Å²) in [7, 11) is 2.07. The third-order valence-corrected chi connectivity index (χ3v) is 4.84. The van der Waals surface area contributed by atoms with E-state index in [-0.39, 0.29) is 6.10 Å². The maximum atomic E-state index is 5.98. The molecule has 126 valence electrons. The number of benzene rings is 1. The average Bonchev–Trinajstić information content (AvgIpc) is 3.25. The zero-order valence-electron chi connectivity index (χ0n) is 13.9. The normalized spacial score (nSPS) is 21.4. The number of nitrogens with one attached hydrogen (secondary N) is 2. The number of aryl methyl sites for hydroxylation is 1. The molecule has 6 heteroatoms. The van der Waals surface area contributed by atoms with E-state index in [1.54, 1.807) is 6.20 Å². The summed E-state index contributed by atoms with van der Waals surface area (Å²) >= 11 is 0. The van der Waals surface area contributed by atoms with Gasteiger partial charge in [0, 0.05) is 32.3 Å². The van der Waals surface area contributed by atoms with Crippen LogP contribution in [0.4, 0.5) is 0 Å². The van der Waals surface area contributed by atoms with E-state index in [0.717, 1.165) is 43.2 Å². The number of aromatic nitrogens is 4. The molecule has 2 N–H and O–H groups in total. The van der Waals surface area contributed by atoms with E-state index in [1.807, 2.05) is 12.1 Å². The first kappa shape index (κ1) is 15.4. The first-order valence-corrected chi connectivity index (χ1v) is 8.55. The second-order valence-corrected chi connectivity index (χ2v) is 6.41. The number of imidazole rings is 1. The number of fused-ring (bicyclic) bond motifs is 1. The van der Waals surface area contributed by atoms with Gasteiger partial charge in [-0.3, -0.25) is 5.10 Å². The molecule has 1 aromatic carbocycles. The Morgan fingerprint density at radius 3 is 3.08 bits per heavy atom. The average molecular weight is 325 g/mol. The predicted molar refractivity (Wildman–Crippen MR) is 92.4 cm³/mol. The van der Waals surface area contributed by atoms with E-state index < -0.39 is 0 Å². The summed E-state index contributed by atoms with van der Waals surface area (Å²) in [5.74, 6) is 1.51. The number of para-hydroxylation sites is 2. The summed E-state index contributed by atoms with van der Waals surface area (Å²) in [6.07, 6.45) is 4.17. The van der Waals surface area contributed by atoms with Gasteiger partial charge in [0.1, 0.15) is 11.9 Å². The number of hydrogen-bond acceptors (Lipinski definition) is 4. The number of H-pyrrole nitrogens is 1. The van der Waals surface area contributed by atoms with Gasteiger partial charge < -0.3 is 14.6 Å². The van der Waals surface area contributed by atoms with Crippen LogP contribution in [0.3, 0.4) is 0 Å². The Hall–Kier alpha value is -2.18. The topological polar surface area (TPSA) is 67.8 Å². The Bertz CT molecular complexity index is 795. The predicted octanol–water partition coefficient (Wildman–Crippen LogP) is 2.55. The fourth-order valence-electron chi connectivity index (χ4n) is 3.54. The van der Waals surface area contributed by atoms with Crippen LogP contribution in [0.25, 0.3) is 11.0 Å². The van der Waals surface area contributed by atoms with Crippen molar-refractivity contribution in [2.24, 2.45) is 13.0 Å². The number of aromatic amines is 1. The number of nitrogens with zero attached hydrogens (tertiary/aromatic N) is 3. The largest absolute Gasteiger partial charge is 0.372 e. The molecule has 1 saturated heterocycles. The minimum atomic E-state index is 0.106. The van der Waals surface area contributed by atoms with Crippen LogP contribution in [0.1, 0.15) is 30.5 Å². The minimum Gasteiger partial charge on any atom is -0.372 e. The Balaban J connectivity index is 1.41. The molecule has 0 spiro atoms. The molecule has 6 nitrogen and oxygen atoms in total.